The van der Waals surface area contributed by atoms with Gasteiger partial charge in [0, 0.05) is 35.2 Å². The average Bonchev–Trinajstić information content (AvgIpc) is 2.89. The van der Waals surface area contributed by atoms with E-state index < -0.39 is 0 Å². The number of hydrogen-bond donors (Lipinski definition) is 0. The molecule has 2 aromatic heterocycles. The quantitative estimate of drug-likeness (QED) is 0.824. The highest BCUT2D eigenvalue weighted by molar-refractivity contribution is 7.12. The Morgan fingerprint density at radius 2 is 2.29 bits per heavy atom. The van der Waals surface area contributed by atoms with Crippen molar-refractivity contribution in [2.45, 2.75) is 26.3 Å². The molecule has 0 N–H and O–H groups in total. The molecule has 1 amide bonds. The van der Waals surface area contributed by atoms with Gasteiger partial charge in [0.1, 0.15) is 0 Å². The maximum Gasteiger partial charge on any atom is 0.228 e. The van der Waals surface area contributed by atoms with Gasteiger partial charge in [0.2, 0.25) is 5.91 Å². The number of amides is 1. The van der Waals surface area contributed by atoms with Crippen LogP contribution in [-0.2, 0) is 17.8 Å². The van der Waals surface area contributed by atoms with Crippen LogP contribution in [-0.4, -0.2) is 22.3 Å². The third kappa shape index (κ3) is 4.69. The second-order valence-electron chi connectivity index (χ2n) is 4.77. The summed E-state index contributed by atoms with van der Waals surface area (Å²) in [5.74, 6) is 0.0518. The van der Waals surface area contributed by atoms with Crippen LogP contribution in [0.5, 0.6) is 0 Å². The molecule has 0 aliphatic carbocycles. The summed E-state index contributed by atoms with van der Waals surface area (Å²) in [4.78, 5) is 20.5. The molecule has 0 radical (unpaired) electrons. The van der Waals surface area contributed by atoms with Crippen molar-refractivity contribution in [1.29, 1.82) is 5.26 Å². The first kappa shape index (κ1) is 15.2. The van der Waals surface area contributed by atoms with Crippen LogP contribution in [0, 0.1) is 18.3 Å². The average molecular weight is 299 g/mol. The minimum Gasteiger partial charge on any atom is -0.337 e. The van der Waals surface area contributed by atoms with E-state index in [1.165, 1.54) is 4.88 Å². The SMILES string of the molecule is Cc1ccc(CC(=O)N(CCC#N)Cc2cccnc2)s1. The maximum absolute atomic E-state index is 12.4. The van der Waals surface area contributed by atoms with Crippen LogP contribution in [0.25, 0.3) is 0 Å². The van der Waals surface area contributed by atoms with E-state index in [1.54, 1.807) is 28.6 Å². The molecule has 0 bridgehead atoms. The summed E-state index contributed by atoms with van der Waals surface area (Å²) in [5.41, 5.74) is 0.978. The van der Waals surface area contributed by atoms with E-state index in [-0.39, 0.29) is 5.91 Å². The summed E-state index contributed by atoms with van der Waals surface area (Å²) in [7, 11) is 0. The Kier molecular flexibility index (Phi) is 5.47. The topological polar surface area (TPSA) is 57.0 Å². The van der Waals surface area contributed by atoms with Gasteiger partial charge in [0.05, 0.1) is 18.9 Å². The zero-order valence-corrected chi connectivity index (χ0v) is 12.8. The third-order valence-electron chi connectivity index (χ3n) is 3.06. The number of aromatic nitrogens is 1. The number of nitrogens with zero attached hydrogens (tertiary/aromatic N) is 3. The molecule has 2 aromatic rings. The summed E-state index contributed by atoms with van der Waals surface area (Å²) >= 11 is 1.64. The summed E-state index contributed by atoms with van der Waals surface area (Å²) in [6, 6.07) is 9.90. The standard InChI is InChI=1S/C16H17N3OS/c1-13-5-6-15(21-13)10-16(20)19(9-3-7-17)12-14-4-2-8-18-11-14/h2,4-6,8,11H,3,9-10,12H2,1H3. The lowest BCUT2D eigenvalue weighted by Gasteiger charge is -2.21. The molecule has 0 saturated carbocycles. The predicted molar refractivity (Wildman–Crippen MR) is 82.6 cm³/mol. The molecule has 2 rings (SSSR count). The van der Waals surface area contributed by atoms with Crippen molar-refractivity contribution in [2.75, 3.05) is 6.54 Å². The second kappa shape index (κ2) is 7.55. The third-order valence-corrected chi connectivity index (χ3v) is 4.06. The molecule has 0 aliphatic heterocycles. The van der Waals surface area contributed by atoms with Gasteiger partial charge < -0.3 is 4.90 Å². The van der Waals surface area contributed by atoms with Crippen molar-refractivity contribution in [1.82, 2.24) is 9.88 Å². The maximum atomic E-state index is 12.4. The van der Waals surface area contributed by atoms with Gasteiger partial charge in [0.15, 0.2) is 0 Å². The fourth-order valence-corrected chi connectivity index (χ4v) is 2.91. The predicted octanol–water partition coefficient (Wildman–Crippen LogP) is 2.94. The minimum atomic E-state index is 0.0518. The van der Waals surface area contributed by atoms with Gasteiger partial charge >= 0.3 is 0 Å². The van der Waals surface area contributed by atoms with Crippen molar-refractivity contribution in [2.24, 2.45) is 0 Å². The Labute approximate surface area is 128 Å². The van der Waals surface area contributed by atoms with E-state index in [1.807, 2.05) is 31.2 Å². The summed E-state index contributed by atoms with van der Waals surface area (Å²) < 4.78 is 0. The number of rotatable bonds is 6. The second-order valence-corrected chi connectivity index (χ2v) is 6.15. The van der Waals surface area contributed by atoms with Crippen LogP contribution < -0.4 is 0 Å². The molecule has 0 atom stereocenters. The lowest BCUT2D eigenvalue weighted by Crippen LogP contribution is -2.32. The molecule has 0 saturated heterocycles. The van der Waals surface area contributed by atoms with Crippen LogP contribution in [0.15, 0.2) is 36.7 Å². The Hall–Kier alpha value is -2.19. The number of aryl methyl sites for hydroxylation is 1. The van der Waals surface area contributed by atoms with E-state index in [0.29, 0.717) is 25.9 Å². The highest BCUT2D eigenvalue weighted by Crippen LogP contribution is 2.17. The van der Waals surface area contributed by atoms with Crippen molar-refractivity contribution in [3.63, 3.8) is 0 Å². The summed E-state index contributed by atoms with van der Waals surface area (Å²) in [5, 5.41) is 8.76. The Bertz CT molecular complexity index is 630. The summed E-state index contributed by atoms with van der Waals surface area (Å²) in [6.07, 6.45) is 4.20. The Morgan fingerprint density at radius 3 is 2.90 bits per heavy atom. The van der Waals surface area contributed by atoms with Crippen molar-refractivity contribution >= 4 is 17.2 Å². The molecule has 0 unspecified atom stereocenters. The molecule has 5 heteroatoms. The zero-order valence-electron chi connectivity index (χ0n) is 12.0. The van der Waals surface area contributed by atoms with Crippen molar-refractivity contribution < 1.29 is 4.79 Å². The number of nitriles is 1. The highest BCUT2D eigenvalue weighted by Gasteiger charge is 2.15. The number of thiophene rings is 1. The van der Waals surface area contributed by atoms with Crippen LogP contribution in [0.4, 0.5) is 0 Å². The lowest BCUT2D eigenvalue weighted by atomic mass is 10.2. The molecular weight excluding hydrogens is 282 g/mol. The first-order valence-corrected chi connectivity index (χ1v) is 7.59. The van der Waals surface area contributed by atoms with Crippen LogP contribution in [0.3, 0.4) is 0 Å². The number of pyridine rings is 1. The van der Waals surface area contributed by atoms with Crippen molar-refractivity contribution in [3.8, 4) is 6.07 Å². The monoisotopic (exact) mass is 299 g/mol. The molecule has 0 fully saturated rings. The van der Waals surface area contributed by atoms with E-state index in [2.05, 4.69) is 11.1 Å². The zero-order chi connectivity index (χ0) is 15.1. The van der Waals surface area contributed by atoms with E-state index >= 15 is 0 Å². The normalized spacial score (nSPS) is 10.1. The van der Waals surface area contributed by atoms with Gasteiger partial charge in [0.25, 0.3) is 0 Å². The molecule has 4 nitrogen and oxygen atoms in total. The van der Waals surface area contributed by atoms with Crippen LogP contribution >= 0.6 is 11.3 Å². The first-order valence-electron chi connectivity index (χ1n) is 6.78. The Morgan fingerprint density at radius 1 is 1.43 bits per heavy atom. The van der Waals surface area contributed by atoms with Gasteiger partial charge in [-0.15, -0.1) is 11.3 Å². The lowest BCUT2D eigenvalue weighted by molar-refractivity contribution is -0.131. The van der Waals surface area contributed by atoms with Crippen LogP contribution in [0.2, 0.25) is 0 Å². The molecule has 0 aliphatic rings. The highest BCUT2D eigenvalue weighted by atomic mass is 32.1. The van der Waals surface area contributed by atoms with E-state index in [9.17, 15) is 4.79 Å². The number of carbonyl (C=O) groups excluding carboxylic acids is 1. The van der Waals surface area contributed by atoms with Crippen LogP contribution in [0.1, 0.15) is 21.7 Å². The van der Waals surface area contributed by atoms with Gasteiger partial charge in [-0.2, -0.15) is 5.26 Å². The minimum absolute atomic E-state index is 0.0518. The molecule has 0 spiro atoms. The fraction of sp³-hybridized carbons (Fsp3) is 0.312. The molecule has 21 heavy (non-hydrogen) atoms. The van der Waals surface area contributed by atoms with Gasteiger partial charge in [-0.3, -0.25) is 9.78 Å². The summed E-state index contributed by atoms with van der Waals surface area (Å²) in [6.45, 7) is 2.98. The van der Waals surface area contributed by atoms with Crippen molar-refractivity contribution in [3.05, 3.63) is 52.0 Å². The van der Waals surface area contributed by atoms with E-state index in [0.717, 1.165) is 10.4 Å². The molecule has 0 aromatic carbocycles. The number of carbonyl (C=O) groups is 1. The smallest absolute Gasteiger partial charge is 0.228 e. The number of hydrogen-bond acceptors (Lipinski definition) is 4. The Balaban J connectivity index is 2.04. The molecule has 2 heterocycles. The molecular formula is C16H17N3OS. The van der Waals surface area contributed by atoms with Gasteiger partial charge in [-0.1, -0.05) is 6.07 Å². The largest absolute Gasteiger partial charge is 0.337 e. The first-order chi connectivity index (χ1) is 10.2. The van der Waals surface area contributed by atoms with Gasteiger partial charge in [-0.25, -0.2) is 0 Å². The van der Waals surface area contributed by atoms with Gasteiger partial charge in [-0.05, 0) is 30.7 Å². The molecule has 108 valence electrons. The fourth-order valence-electron chi connectivity index (χ4n) is 2.03. The van der Waals surface area contributed by atoms with E-state index in [4.69, 9.17) is 5.26 Å².